The van der Waals surface area contributed by atoms with Crippen LogP contribution in [0.5, 0.6) is 0 Å². The number of aromatic nitrogens is 1. The van der Waals surface area contributed by atoms with Crippen molar-refractivity contribution in [2.24, 2.45) is 0 Å². The van der Waals surface area contributed by atoms with Crippen molar-refractivity contribution in [1.82, 2.24) is 4.57 Å². The summed E-state index contributed by atoms with van der Waals surface area (Å²) in [7, 11) is 1.19. The lowest BCUT2D eigenvalue weighted by Crippen LogP contribution is -2.34. The van der Waals surface area contributed by atoms with E-state index in [4.69, 9.17) is 11.6 Å². The zero-order valence-electron chi connectivity index (χ0n) is 15.9. The molecule has 7 nitrogen and oxygen atoms in total. The maximum Gasteiger partial charge on any atom is 0.491 e. The van der Waals surface area contributed by atoms with E-state index in [1.165, 1.54) is 19.4 Å². The summed E-state index contributed by atoms with van der Waals surface area (Å²) >= 11 is 5.72. The lowest BCUT2D eigenvalue weighted by molar-refractivity contribution is -0.221. The van der Waals surface area contributed by atoms with Crippen LogP contribution >= 0.6 is 11.6 Å². The molecule has 1 aromatic heterocycles. The van der Waals surface area contributed by atoms with Gasteiger partial charge in [0.2, 0.25) is 5.43 Å². The lowest BCUT2D eigenvalue weighted by Gasteiger charge is -2.11. The number of hydrogen-bond donors (Lipinski definition) is 0. The first-order valence-corrected chi connectivity index (χ1v) is 8.43. The summed E-state index contributed by atoms with van der Waals surface area (Å²) in [6, 6.07) is 2.41. The van der Waals surface area contributed by atoms with Gasteiger partial charge in [-0.3, -0.25) is 4.79 Å². The van der Waals surface area contributed by atoms with E-state index in [0.29, 0.717) is 12.1 Å². The third kappa shape index (κ3) is 6.42. The number of fused-ring (bicyclic) bond motifs is 1. The molecule has 0 amide bonds. The molecule has 0 fully saturated rings. The second-order valence-electron chi connectivity index (χ2n) is 5.61. The fourth-order valence-corrected chi connectivity index (χ4v) is 2.26. The first-order chi connectivity index (χ1) is 14.5. The predicted octanol–water partition coefficient (Wildman–Crippen LogP) is 3.78. The van der Waals surface area contributed by atoms with Crippen LogP contribution < -0.4 is 5.43 Å². The molecule has 32 heavy (non-hydrogen) atoms. The maximum atomic E-state index is 13.5. The second-order valence-corrected chi connectivity index (χ2v) is 6.01. The highest BCUT2D eigenvalue weighted by molar-refractivity contribution is 6.31. The number of halogens is 8. The molecule has 0 unspecified atom stereocenters. The van der Waals surface area contributed by atoms with Crippen LogP contribution in [0.1, 0.15) is 17.3 Å². The van der Waals surface area contributed by atoms with E-state index in [1.807, 2.05) is 6.92 Å². The van der Waals surface area contributed by atoms with Crippen LogP contribution in [0, 0.1) is 5.82 Å². The number of benzene rings is 1. The zero-order chi connectivity index (χ0) is 25.0. The van der Waals surface area contributed by atoms with Gasteiger partial charge in [0.05, 0.1) is 17.6 Å². The van der Waals surface area contributed by atoms with Gasteiger partial charge in [0.1, 0.15) is 11.4 Å². The van der Waals surface area contributed by atoms with Gasteiger partial charge >= 0.3 is 30.3 Å². The maximum absolute atomic E-state index is 13.5. The average Bonchev–Trinajstić information content (AvgIpc) is 2.68. The van der Waals surface area contributed by atoms with Gasteiger partial charge in [0.25, 0.3) is 0 Å². The molecule has 0 radical (unpaired) electrons. The first-order valence-electron chi connectivity index (χ1n) is 8.05. The Bertz CT molecular complexity index is 1080. The Balaban J connectivity index is 0.000000347. The topological polar surface area (TPSA) is 91.7 Å². The molecule has 2 aromatic rings. The van der Waals surface area contributed by atoms with Gasteiger partial charge in [-0.15, -0.1) is 0 Å². The van der Waals surface area contributed by atoms with Gasteiger partial charge in [-0.1, -0.05) is 11.6 Å². The van der Waals surface area contributed by atoms with Crippen molar-refractivity contribution in [1.29, 1.82) is 0 Å². The van der Waals surface area contributed by atoms with Crippen LogP contribution in [0.4, 0.5) is 30.7 Å². The van der Waals surface area contributed by atoms with Gasteiger partial charge in [-0.05, 0) is 19.1 Å². The van der Waals surface area contributed by atoms with Crippen LogP contribution in [0.15, 0.2) is 23.1 Å². The summed E-state index contributed by atoms with van der Waals surface area (Å²) in [6.45, 7) is 2.34. The van der Waals surface area contributed by atoms with Crippen LogP contribution in [0.25, 0.3) is 10.9 Å². The molecule has 0 saturated heterocycles. The van der Waals surface area contributed by atoms with Gasteiger partial charge in [-0.25, -0.2) is 18.8 Å². The van der Waals surface area contributed by atoms with Crippen LogP contribution in [-0.4, -0.2) is 41.9 Å². The molecule has 2 rings (SSSR count). The highest BCUT2D eigenvalue weighted by Gasteiger charge is 2.49. The number of nitrogens with zero attached hydrogens (tertiary/aromatic N) is 1. The summed E-state index contributed by atoms with van der Waals surface area (Å²) in [5, 5.41) is 0.0339. The van der Waals surface area contributed by atoms with Crippen molar-refractivity contribution >= 4 is 40.4 Å². The van der Waals surface area contributed by atoms with Gasteiger partial charge in [0.15, 0.2) is 0 Å². The fraction of sp³-hybridized carbons (Fsp3) is 0.294. The summed E-state index contributed by atoms with van der Waals surface area (Å²) in [4.78, 5) is 43.0. The first kappa shape index (κ1) is 26.9. The second kappa shape index (κ2) is 9.97. The normalized spacial score (nSPS) is 11.4. The SMILES string of the molecule is CCn1cc(C(=O)OC)c(=O)c2cc(F)c(Cl)cc21.O=C(OC(=O)C(F)(F)F)C(F)(F)F. The van der Waals surface area contributed by atoms with Gasteiger partial charge in [0, 0.05) is 18.1 Å². The summed E-state index contributed by atoms with van der Waals surface area (Å²) < 4.78 is 89.4. The Morgan fingerprint density at radius 1 is 1.03 bits per heavy atom. The highest BCUT2D eigenvalue weighted by atomic mass is 35.5. The molecule has 1 aromatic carbocycles. The molecular formula is C17H11ClF7NO6. The molecule has 0 atom stereocenters. The summed E-state index contributed by atoms with van der Waals surface area (Å²) in [5.41, 5.74) is -0.216. The smallest absolute Gasteiger partial charge is 0.465 e. The molecule has 176 valence electrons. The lowest BCUT2D eigenvalue weighted by atomic mass is 10.1. The number of pyridine rings is 1. The fourth-order valence-electron chi connectivity index (χ4n) is 2.10. The standard InChI is InChI=1S/C13H11ClFNO3.C4F6O3/c1-3-16-6-8(13(18)19-2)12(17)7-4-10(15)9(14)5-11(7)16;5-3(6,7)1(11)13-2(12)4(8,9)10/h4-6H,3H2,1-2H3;. The average molecular weight is 494 g/mol. The molecular weight excluding hydrogens is 483 g/mol. The third-order valence-corrected chi connectivity index (χ3v) is 3.81. The third-order valence-electron chi connectivity index (χ3n) is 3.52. The highest BCUT2D eigenvalue weighted by Crippen LogP contribution is 2.22. The molecule has 0 aliphatic rings. The number of esters is 3. The predicted molar refractivity (Wildman–Crippen MR) is 93.4 cm³/mol. The monoisotopic (exact) mass is 493 g/mol. The van der Waals surface area contributed by atoms with E-state index in [0.717, 1.165) is 6.07 Å². The van der Waals surface area contributed by atoms with Crippen molar-refractivity contribution in [3.05, 3.63) is 45.0 Å². The number of carbonyl (C=O) groups is 3. The Hall–Kier alpha value is -3.16. The van der Waals surface area contributed by atoms with Crippen molar-refractivity contribution in [2.45, 2.75) is 25.8 Å². The van der Waals surface area contributed by atoms with Crippen LogP contribution in [0.3, 0.4) is 0 Å². The van der Waals surface area contributed by atoms with Gasteiger partial charge < -0.3 is 14.0 Å². The quantitative estimate of drug-likeness (QED) is 0.359. The van der Waals surface area contributed by atoms with E-state index < -0.39 is 41.5 Å². The van der Waals surface area contributed by atoms with Gasteiger partial charge in [-0.2, -0.15) is 26.3 Å². The molecule has 1 heterocycles. The van der Waals surface area contributed by atoms with Crippen molar-refractivity contribution in [2.75, 3.05) is 7.11 Å². The van der Waals surface area contributed by atoms with Crippen molar-refractivity contribution in [3.8, 4) is 0 Å². The van der Waals surface area contributed by atoms with Crippen molar-refractivity contribution < 1.29 is 54.6 Å². The number of alkyl halides is 6. The minimum absolute atomic E-state index is 0.0695. The minimum atomic E-state index is -5.62. The number of aryl methyl sites for hydroxylation is 1. The summed E-state index contributed by atoms with van der Waals surface area (Å²) in [5.74, 6) is -7.84. The van der Waals surface area contributed by atoms with E-state index >= 15 is 0 Å². The molecule has 0 aliphatic heterocycles. The molecule has 15 heteroatoms. The largest absolute Gasteiger partial charge is 0.491 e. The minimum Gasteiger partial charge on any atom is -0.465 e. The Labute approximate surface area is 178 Å². The van der Waals surface area contributed by atoms with Crippen LogP contribution in [0.2, 0.25) is 5.02 Å². The number of rotatable bonds is 2. The molecule has 0 aliphatic carbocycles. The molecule has 0 saturated carbocycles. The molecule has 0 bridgehead atoms. The molecule has 0 N–H and O–H groups in total. The Morgan fingerprint density at radius 3 is 1.94 bits per heavy atom. The van der Waals surface area contributed by atoms with Crippen LogP contribution in [-0.2, 0) is 25.6 Å². The Kier molecular flexibility index (Phi) is 8.38. The number of carbonyl (C=O) groups excluding carboxylic acids is 3. The number of hydrogen-bond acceptors (Lipinski definition) is 6. The van der Waals surface area contributed by atoms with E-state index in [2.05, 4.69) is 9.47 Å². The van der Waals surface area contributed by atoms with Crippen molar-refractivity contribution in [3.63, 3.8) is 0 Å². The van der Waals surface area contributed by atoms with E-state index in [1.54, 1.807) is 4.57 Å². The number of ether oxygens (including phenoxy) is 2. The molecule has 0 spiro atoms. The van der Waals surface area contributed by atoms with E-state index in [9.17, 15) is 49.9 Å². The number of methoxy groups -OCH3 is 1. The Morgan fingerprint density at radius 2 is 1.53 bits per heavy atom. The van der Waals surface area contributed by atoms with E-state index in [-0.39, 0.29) is 16.0 Å². The zero-order valence-corrected chi connectivity index (χ0v) is 16.6. The summed E-state index contributed by atoms with van der Waals surface area (Å²) in [6.07, 6.45) is -9.85.